The Morgan fingerprint density at radius 1 is 0.938 bits per heavy atom. The molecule has 0 aromatic heterocycles. The van der Waals surface area contributed by atoms with E-state index in [0.717, 1.165) is 50.6 Å². The number of anilines is 2. The van der Waals surface area contributed by atoms with Crippen molar-refractivity contribution in [1.82, 2.24) is 0 Å². The highest BCUT2D eigenvalue weighted by Crippen LogP contribution is 2.51. The topological polar surface area (TPSA) is 33.7 Å². The van der Waals surface area contributed by atoms with Crippen molar-refractivity contribution >= 4 is 17.1 Å². The Morgan fingerprint density at radius 3 is 2.44 bits per heavy atom. The van der Waals surface area contributed by atoms with Crippen LogP contribution in [0.5, 0.6) is 11.5 Å². The number of methoxy groups -OCH3 is 2. The molecule has 2 aliphatic rings. The second kappa shape index (κ2) is 7.30. The van der Waals surface area contributed by atoms with Crippen LogP contribution in [0.1, 0.15) is 30.5 Å². The summed E-state index contributed by atoms with van der Waals surface area (Å²) >= 11 is 0. The van der Waals surface area contributed by atoms with Gasteiger partial charge in [-0.15, -0.1) is 0 Å². The van der Waals surface area contributed by atoms with Crippen LogP contribution in [0.4, 0.5) is 15.8 Å². The van der Waals surface area contributed by atoms with Crippen LogP contribution in [-0.4, -0.2) is 19.8 Å². The Hall–Kier alpha value is -3.47. The summed E-state index contributed by atoms with van der Waals surface area (Å²) in [6.07, 6.45) is 2.26. The average Bonchev–Trinajstić information content (AvgIpc) is 3.13. The zero-order valence-electron chi connectivity index (χ0n) is 19.0. The van der Waals surface area contributed by atoms with Gasteiger partial charge in [0.1, 0.15) is 17.3 Å². The van der Waals surface area contributed by atoms with Crippen molar-refractivity contribution in [2.45, 2.75) is 32.9 Å². The molecule has 0 radical (unpaired) electrons. The van der Waals surface area contributed by atoms with E-state index < -0.39 is 0 Å². The number of nitrogens with one attached hydrogen (secondary N) is 1. The largest absolute Gasteiger partial charge is 0.496 e. The molecule has 0 bridgehead atoms. The van der Waals surface area contributed by atoms with Gasteiger partial charge in [0, 0.05) is 29.1 Å². The first-order chi connectivity index (χ1) is 15.3. The Bertz CT molecular complexity index is 1260. The fraction of sp³-hybridized carbons (Fsp3) is 0.259. The number of nitrogens with zero attached hydrogens (tertiary/aromatic N) is 1. The van der Waals surface area contributed by atoms with Crippen LogP contribution in [0.25, 0.3) is 16.8 Å². The SMILES string of the molecule is COc1ccc(F)cc1-c1ccc2c3c1CN(c1cc(C)ccc1OC)C3=CC(C)(C)N2. The molecule has 0 atom stereocenters. The predicted molar refractivity (Wildman–Crippen MR) is 128 cm³/mol. The maximum atomic E-state index is 14.2. The first-order valence-corrected chi connectivity index (χ1v) is 10.7. The molecule has 1 N–H and O–H groups in total. The minimum Gasteiger partial charge on any atom is -0.496 e. The number of halogens is 1. The Morgan fingerprint density at radius 2 is 1.69 bits per heavy atom. The molecule has 0 saturated carbocycles. The quantitative estimate of drug-likeness (QED) is 0.520. The molecule has 3 aromatic carbocycles. The summed E-state index contributed by atoms with van der Waals surface area (Å²) in [4.78, 5) is 2.30. The van der Waals surface area contributed by atoms with Gasteiger partial charge in [-0.2, -0.15) is 0 Å². The van der Waals surface area contributed by atoms with Gasteiger partial charge in [0.15, 0.2) is 0 Å². The van der Waals surface area contributed by atoms with Crippen molar-refractivity contribution in [3.8, 4) is 22.6 Å². The van der Waals surface area contributed by atoms with E-state index in [0.29, 0.717) is 12.3 Å². The lowest BCUT2D eigenvalue weighted by Crippen LogP contribution is -2.33. The molecule has 0 unspecified atom stereocenters. The molecule has 164 valence electrons. The molecule has 5 heteroatoms. The molecule has 3 aromatic rings. The monoisotopic (exact) mass is 430 g/mol. The third-order valence-electron chi connectivity index (χ3n) is 6.21. The Labute approximate surface area is 188 Å². The standard InChI is InChI=1S/C27H27FN2O2/c1-16-6-10-25(32-5)22(12-16)30-15-20-18(19-13-17(28)7-11-24(19)31-4)8-9-21-26(20)23(30)14-27(2,3)29-21/h6-14,29H,15H2,1-5H3. The third kappa shape index (κ3) is 3.20. The minimum atomic E-state index is -0.282. The highest BCUT2D eigenvalue weighted by atomic mass is 19.1. The van der Waals surface area contributed by atoms with E-state index in [1.54, 1.807) is 26.4 Å². The summed E-state index contributed by atoms with van der Waals surface area (Å²) in [5.41, 5.74) is 8.22. The minimum absolute atomic E-state index is 0.211. The van der Waals surface area contributed by atoms with E-state index in [-0.39, 0.29) is 11.4 Å². The smallest absolute Gasteiger partial charge is 0.142 e. The van der Waals surface area contributed by atoms with Crippen LogP contribution in [0.2, 0.25) is 0 Å². The Kier molecular flexibility index (Phi) is 4.66. The van der Waals surface area contributed by atoms with Gasteiger partial charge in [0.05, 0.1) is 25.4 Å². The van der Waals surface area contributed by atoms with Crippen molar-refractivity contribution in [2.75, 3.05) is 24.4 Å². The molecular weight excluding hydrogens is 403 g/mol. The van der Waals surface area contributed by atoms with Crippen molar-refractivity contribution in [2.24, 2.45) is 0 Å². The zero-order valence-corrected chi connectivity index (χ0v) is 19.0. The number of aryl methyl sites for hydroxylation is 1. The fourth-order valence-corrected chi connectivity index (χ4v) is 4.83. The summed E-state index contributed by atoms with van der Waals surface area (Å²) in [6.45, 7) is 7.06. The summed E-state index contributed by atoms with van der Waals surface area (Å²) in [5, 5.41) is 3.64. The Balaban J connectivity index is 1.75. The molecule has 0 saturated heterocycles. The second-order valence-corrected chi connectivity index (χ2v) is 9.00. The summed E-state index contributed by atoms with van der Waals surface area (Å²) in [6, 6.07) is 15.0. The van der Waals surface area contributed by atoms with Gasteiger partial charge in [-0.3, -0.25) is 0 Å². The molecule has 0 amide bonds. The van der Waals surface area contributed by atoms with Gasteiger partial charge >= 0.3 is 0 Å². The summed E-state index contributed by atoms with van der Waals surface area (Å²) in [7, 11) is 3.32. The van der Waals surface area contributed by atoms with Gasteiger partial charge in [0.2, 0.25) is 0 Å². The molecule has 0 fully saturated rings. The lowest BCUT2D eigenvalue weighted by Gasteiger charge is -2.33. The molecule has 32 heavy (non-hydrogen) atoms. The number of ether oxygens (including phenoxy) is 2. The molecular formula is C27H27FN2O2. The van der Waals surface area contributed by atoms with E-state index in [1.807, 2.05) is 6.07 Å². The average molecular weight is 431 g/mol. The summed E-state index contributed by atoms with van der Waals surface area (Å²) < 4.78 is 25.5. The first-order valence-electron chi connectivity index (χ1n) is 10.7. The van der Waals surface area contributed by atoms with Crippen LogP contribution in [0, 0.1) is 12.7 Å². The second-order valence-electron chi connectivity index (χ2n) is 9.00. The van der Waals surface area contributed by atoms with Crippen LogP contribution in [0.3, 0.4) is 0 Å². The van der Waals surface area contributed by atoms with E-state index in [2.05, 4.69) is 61.3 Å². The maximum Gasteiger partial charge on any atom is 0.142 e. The van der Waals surface area contributed by atoms with Crippen LogP contribution in [0.15, 0.2) is 54.6 Å². The highest BCUT2D eigenvalue weighted by Gasteiger charge is 2.37. The van der Waals surface area contributed by atoms with Gasteiger partial charge in [0.25, 0.3) is 0 Å². The molecule has 2 heterocycles. The van der Waals surface area contributed by atoms with Crippen LogP contribution in [-0.2, 0) is 6.54 Å². The van der Waals surface area contributed by atoms with E-state index >= 15 is 0 Å². The molecule has 4 nitrogen and oxygen atoms in total. The molecule has 2 aliphatic heterocycles. The maximum absolute atomic E-state index is 14.2. The predicted octanol–water partition coefficient (Wildman–Crippen LogP) is 6.38. The zero-order chi connectivity index (χ0) is 22.6. The van der Waals surface area contributed by atoms with E-state index in [9.17, 15) is 4.39 Å². The number of hydrogen-bond acceptors (Lipinski definition) is 4. The van der Waals surface area contributed by atoms with Crippen molar-refractivity contribution in [3.05, 3.63) is 77.1 Å². The lowest BCUT2D eigenvalue weighted by atomic mass is 9.89. The molecule has 5 rings (SSSR count). The van der Waals surface area contributed by atoms with Gasteiger partial charge in [-0.05, 0) is 79.9 Å². The van der Waals surface area contributed by atoms with Crippen molar-refractivity contribution in [1.29, 1.82) is 0 Å². The van der Waals surface area contributed by atoms with Gasteiger partial charge in [-0.25, -0.2) is 4.39 Å². The number of hydrogen-bond donors (Lipinski definition) is 1. The fourth-order valence-electron chi connectivity index (χ4n) is 4.83. The van der Waals surface area contributed by atoms with E-state index in [1.165, 1.54) is 6.07 Å². The van der Waals surface area contributed by atoms with Crippen molar-refractivity contribution in [3.63, 3.8) is 0 Å². The summed E-state index contributed by atoms with van der Waals surface area (Å²) in [5.74, 6) is 1.20. The van der Waals surface area contributed by atoms with Crippen LogP contribution >= 0.6 is 0 Å². The number of rotatable bonds is 4. The van der Waals surface area contributed by atoms with Crippen molar-refractivity contribution < 1.29 is 13.9 Å². The van der Waals surface area contributed by atoms with Gasteiger partial charge in [-0.1, -0.05) is 12.1 Å². The normalized spacial score (nSPS) is 15.7. The highest BCUT2D eigenvalue weighted by molar-refractivity contribution is 5.98. The van der Waals surface area contributed by atoms with E-state index in [4.69, 9.17) is 9.47 Å². The lowest BCUT2D eigenvalue weighted by molar-refractivity contribution is 0.415. The first kappa shape index (κ1) is 20.4. The molecule has 0 aliphatic carbocycles. The molecule has 0 spiro atoms. The third-order valence-corrected chi connectivity index (χ3v) is 6.21. The van der Waals surface area contributed by atoms with Gasteiger partial charge < -0.3 is 19.7 Å². The number of benzene rings is 3. The van der Waals surface area contributed by atoms with Crippen LogP contribution < -0.4 is 19.7 Å².